The maximum atomic E-state index is 12.4. The summed E-state index contributed by atoms with van der Waals surface area (Å²) in [7, 11) is 0. The summed E-state index contributed by atoms with van der Waals surface area (Å²) in [4.78, 5) is 12.4. The Morgan fingerprint density at radius 3 is 2.43 bits per heavy atom. The largest absolute Gasteiger partial charge is 0.507 e. The molecule has 0 aliphatic carbocycles. The van der Waals surface area contributed by atoms with Gasteiger partial charge in [-0.15, -0.1) is 0 Å². The summed E-state index contributed by atoms with van der Waals surface area (Å²) < 4.78 is 16.7. The Balaban J connectivity index is 1.79. The molecule has 0 bridgehead atoms. The molecule has 2 aromatic carbocycles. The highest BCUT2D eigenvalue weighted by molar-refractivity contribution is 6.09. The van der Waals surface area contributed by atoms with E-state index in [2.05, 4.69) is 0 Å². The standard InChI is InChI=1S/C21H22O9/c1-8-3-10-5-11(29-21-19(27)18(26)17(25)14(7-22)30-21)6-13(24)16(10)20-15(8)12(23)4-9(2)28-20/h3-6,14,17-19,21-22,24-27H,7H2,1-2H3/t14-,17-,18+,19-,21-/m0/s1. The summed E-state index contributed by atoms with van der Waals surface area (Å²) in [5, 5.41) is 51.1. The van der Waals surface area contributed by atoms with Crippen molar-refractivity contribution in [3.63, 3.8) is 0 Å². The summed E-state index contributed by atoms with van der Waals surface area (Å²) in [6.07, 6.45) is -7.18. The minimum atomic E-state index is -1.58. The van der Waals surface area contributed by atoms with Crippen LogP contribution in [0.4, 0.5) is 0 Å². The monoisotopic (exact) mass is 418 g/mol. The lowest BCUT2D eigenvalue weighted by Crippen LogP contribution is -2.60. The molecule has 5 N–H and O–H groups in total. The molecule has 0 spiro atoms. The number of aryl methyl sites for hydroxylation is 2. The van der Waals surface area contributed by atoms with Crippen LogP contribution in [0.25, 0.3) is 21.7 Å². The zero-order valence-corrected chi connectivity index (χ0v) is 16.3. The Bertz CT molecular complexity index is 1170. The number of rotatable bonds is 3. The zero-order valence-electron chi connectivity index (χ0n) is 16.3. The number of hydrogen-bond acceptors (Lipinski definition) is 9. The highest BCUT2D eigenvalue weighted by atomic mass is 16.7. The van der Waals surface area contributed by atoms with E-state index in [-0.39, 0.29) is 22.5 Å². The predicted octanol–water partition coefficient (Wildman–Crippen LogP) is 0.447. The highest BCUT2D eigenvalue weighted by Gasteiger charge is 2.44. The van der Waals surface area contributed by atoms with Crippen molar-refractivity contribution in [3.8, 4) is 11.5 Å². The van der Waals surface area contributed by atoms with E-state index in [0.29, 0.717) is 27.5 Å². The Morgan fingerprint density at radius 1 is 1.00 bits per heavy atom. The van der Waals surface area contributed by atoms with Crippen LogP contribution in [-0.2, 0) is 4.74 Å². The van der Waals surface area contributed by atoms with Crippen LogP contribution in [0, 0.1) is 13.8 Å². The van der Waals surface area contributed by atoms with Gasteiger partial charge in [0.05, 0.1) is 17.4 Å². The molecule has 1 saturated heterocycles. The van der Waals surface area contributed by atoms with Gasteiger partial charge in [0.2, 0.25) is 6.29 Å². The molecule has 160 valence electrons. The van der Waals surface area contributed by atoms with Gasteiger partial charge < -0.3 is 39.4 Å². The lowest BCUT2D eigenvalue weighted by molar-refractivity contribution is -0.277. The van der Waals surface area contributed by atoms with Gasteiger partial charge >= 0.3 is 0 Å². The first-order valence-electron chi connectivity index (χ1n) is 9.39. The number of phenolic OH excluding ortho intramolecular Hbond substituents is 1. The van der Waals surface area contributed by atoms with Crippen LogP contribution in [-0.4, -0.2) is 62.8 Å². The van der Waals surface area contributed by atoms with Crippen LogP contribution in [0.3, 0.4) is 0 Å². The van der Waals surface area contributed by atoms with E-state index in [4.69, 9.17) is 13.9 Å². The molecule has 4 rings (SSSR count). The number of aliphatic hydroxyl groups excluding tert-OH is 4. The van der Waals surface area contributed by atoms with Crippen LogP contribution < -0.4 is 10.2 Å². The van der Waals surface area contributed by atoms with Crippen LogP contribution in [0.2, 0.25) is 0 Å². The molecule has 1 aliphatic rings. The molecule has 0 saturated carbocycles. The van der Waals surface area contributed by atoms with Gasteiger partial charge in [-0.1, -0.05) is 6.07 Å². The number of hydrogen-bond donors (Lipinski definition) is 5. The number of phenols is 1. The maximum Gasteiger partial charge on any atom is 0.229 e. The van der Waals surface area contributed by atoms with E-state index >= 15 is 0 Å². The second kappa shape index (κ2) is 7.53. The number of benzene rings is 2. The van der Waals surface area contributed by atoms with Gasteiger partial charge in [-0.05, 0) is 30.9 Å². The average Bonchev–Trinajstić information content (AvgIpc) is 2.67. The van der Waals surface area contributed by atoms with Crippen molar-refractivity contribution in [1.82, 2.24) is 0 Å². The fourth-order valence-electron chi connectivity index (χ4n) is 3.82. The molecule has 0 unspecified atom stereocenters. The minimum absolute atomic E-state index is 0.109. The molecule has 1 fully saturated rings. The van der Waals surface area contributed by atoms with Crippen molar-refractivity contribution in [2.24, 2.45) is 0 Å². The second-order valence-electron chi connectivity index (χ2n) is 7.47. The molecule has 1 aliphatic heterocycles. The van der Waals surface area contributed by atoms with Crippen molar-refractivity contribution >= 4 is 21.7 Å². The van der Waals surface area contributed by atoms with Crippen LogP contribution >= 0.6 is 0 Å². The smallest absolute Gasteiger partial charge is 0.229 e. The molecular weight excluding hydrogens is 396 g/mol. The van der Waals surface area contributed by atoms with E-state index in [1.165, 1.54) is 12.1 Å². The van der Waals surface area contributed by atoms with Crippen LogP contribution in [0.15, 0.2) is 33.5 Å². The summed E-state index contributed by atoms with van der Waals surface area (Å²) in [6.45, 7) is 2.80. The molecule has 5 atom stereocenters. The van der Waals surface area contributed by atoms with E-state index in [1.807, 2.05) is 0 Å². The molecule has 2 heterocycles. The van der Waals surface area contributed by atoms with Gasteiger partial charge in [0, 0.05) is 12.1 Å². The van der Waals surface area contributed by atoms with Crippen molar-refractivity contribution in [3.05, 3.63) is 45.8 Å². The molecule has 3 aromatic rings. The number of ether oxygens (including phenoxy) is 2. The Morgan fingerprint density at radius 2 is 1.73 bits per heavy atom. The Hall–Kier alpha value is -2.69. The normalized spacial score (nSPS) is 26.9. The van der Waals surface area contributed by atoms with Gasteiger partial charge in [0.15, 0.2) is 5.43 Å². The summed E-state index contributed by atoms with van der Waals surface area (Å²) in [5.74, 6) is 0.296. The van der Waals surface area contributed by atoms with Crippen molar-refractivity contribution in [1.29, 1.82) is 0 Å². The third-order valence-electron chi connectivity index (χ3n) is 5.29. The number of fused-ring (bicyclic) bond motifs is 3. The van der Waals surface area contributed by atoms with Gasteiger partial charge in [-0.25, -0.2) is 0 Å². The Kier molecular flexibility index (Phi) is 5.16. The third kappa shape index (κ3) is 3.30. The molecule has 9 nitrogen and oxygen atoms in total. The molecule has 9 heteroatoms. The molecule has 0 amide bonds. The van der Waals surface area contributed by atoms with E-state index in [0.717, 1.165) is 0 Å². The van der Waals surface area contributed by atoms with Gasteiger partial charge in [0.25, 0.3) is 0 Å². The van der Waals surface area contributed by atoms with Gasteiger partial charge in [-0.3, -0.25) is 4.79 Å². The number of aromatic hydroxyl groups is 1. The first kappa shape index (κ1) is 20.6. The fraction of sp³-hybridized carbons (Fsp3) is 0.381. The first-order valence-corrected chi connectivity index (χ1v) is 9.39. The highest BCUT2D eigenvalue weighted by Crippen LogP contribution is 2.37. The lowest BCUT2D eigenvalue weighted by Gasteiger charge is -2.39. The van der Waals surface area contributed by atoms with E-state index in [1.54, 1.807) is 26.0 Å². The van der Waals surface area contributed by atoms with E-state index < -0.39 is 37.3 Å². The lowest BCUT2D eigenvalue weighted by atomic mass is 9.99. The van der Waals surface area contributed by atoms with Crippen molar-refractivity contribution in [2.45, 2.75) is 44.6 Å². The quantitative estimate of drug-likeness (QED) is 0.382. The molecular formula is C21H22O9. The summed E-state index contributed by atoms with van der Waals surface area (Å²) >= 11 is 0. The molecule has 1 aromatic heterocycles. The first-order chi connectivity index (χ1) is 14.2. The third-order valence-corrected chi connectivity index (χ3v) is 5.29. The van der Waals surface area contributed by atoms with Crippen molar-refractivity contribution < 1.29 is 39.4 Å². The second-order valence-corrected chi connectivity index (χ2v) is 7.47. The summed E-state index contributed by atoms with van der Waals surface area (Å²) in [5.41, 5.74) is 0.691. The minimum Gasteiger partial charge on any atom is -0.507 e. The van der Waals surface area contributed by atoms with Gasteiger partial charge in [0.1, 0.15) is 47.3 Å². The average molecular weight is 418 g/mol. The van der Waals surface area contributed by atoms with Crippen LogP contribution in [0.1, 0.15) is 11.3 Å². The maximum absolute atomic E-state index is 12.4. The number of aliphatic hydroxyl groups is 4. The van der Waals surface area contributed by atoms with Crippen LogP contribution in [0.5, 0.6) is 11.5 Å². The summed E-state index contributed by atoms with van der Waals surface area (Å²) in [6, 6.07) is 5.91. The van der Waals surface area contributed by atoms with Gasteiger partial charge in [-0.2, -0.15) is 0 Å². The zero-order chi connectivity index (χ0) is 21.7. The SMILES string of the molecule is Cc1cc(=O)c2c(C)cc3cc(O[C@H]4O[C@@H](CO)[C@H](O)[C@@H](O)[C@@H]4O)cc(O)c3c2o1. The Labute approximate surface area is 170 Å². The van der Waals surface area contributed by atoms with E-state index in [9.17, 15) is 30.3 Å². The fourth-order valence-corrected chi connectivity index (χ4v) is 3.82. The van der Waals surface area contributed by atoms with Crippen molar-refractivity contribution in [2.75, 3.05) is 6.61 Å². The topological polar surface area (TPSA) is 150 Å². The molecule has 0 radical (unpaired) electrons. The molecule has 30 heavy (non-hydrogen) atoms. The predicted molar refractivity (Wildman–Crippen MR) is 106 cm³/mol.